The maximum Gasteiger partial charge on any atom is 0.261 e. The SMILES string of the molecule is NC(CCOCC(F)F)c1ccc2c(c1)C(=O)NCCC2. The molecular formula is C15H20F2N2O2. The first-order chi connectivity index (χ1) is 10.1. The number of rotatable bonds is 6. The number of fused-ring (bicyclic) bond motifs is 1. The van der Waals surface area contributed by atoms with Crippen LogP contribution in [0.1, 0.15) is 40.4 Å². The molecule has 1 aromatic rings. The van der Waals surface area contributed by atoms with E-state index in [1.165, 1.54) is 0 Å². The van der Waals surface area contributed by atoms with Crippen LogP contribution in [0.4, 0.5) is 8.78 Å². The zero-order valence-corrected chi connectivity index (χ0v) is 11.8. The van der Waals surface area contributed by atoms with Crippen LogP contribution in [0.15, 0.2) is 18.2 Å². The summed E-state index contributed by atoms with van der Waals surface area (Å²) in [7, 11) is 0. The Balaban J connectivity index is 1.98. The number of amides is 1. The quantitative estimate of drug-likeness (QED) is 0.790. The van der Waals surface area contributed by atoms with Gasteiger partial charge in [0.1, 0.15) is 6.61 Å². The van der Waals surface area contributed by atoms with Crippen LogP contribution in [0.5, 0.6) is 0 Å². The number of ether oxygens (including phenoxy) is 1. The number of hydrogen-bond acceptors (Lipinski definition) is 3. The van der Waals surface area contributed by atoms with E-state index in [4.69, 9.17) is 10.5 Å². The summed E-state index contributed by atoms with van der Waals surface area (Å²) in [5.41, 5.74) is 8.54. The molecule has 0 radical (unpaired) electrons. The van der Waals surface area contributed by atoms with E-state index in [1.54, 1.807) is 6.07 Å². The zero-order chi connectivity index (χ0) is 15.2. The topological polar surface area (TPSA) is 64.3 Å². The Morgan fingerprint density at radius 3 is 2.95 bits per heavy atom. The third kappa shape index (κ3) is 4.47. The Kier molecular flexibility index (Phi) is 5.64. The van der Waals surface area contributed by atoms with E-state index in [1.807, 2.05) is 12.1 Å². The van der Waals surface area contributed by atoms with Crippen LogP contribution in [-0.2, 0) is 11.2 Å². The Labute approximate surface area is 122 Å². The first-order valence-corrected chi connectivity index (χ1v) is 7.10. The van der Waals surface area contributed by atoms with Gasteiger partial charge in [0.05, 0.1) is 0 Å². The highest BCUT2D eigenvalue weighted by Crippen LogP contribution is 2.21. The van der Waals surface area contributed by atoms with Gasteiger partial charge in [-0.1, -0.05) is 12.1 Å². The van der Waals surface area contributed by atoms with E-state index < -0.39 is 13.0 Å². The molecule has 3 N–H and O–H groups in total. The van der Waals surface area contributed by atoms with Gasteiger partial charge < -0.3 is 15.8 Å². The Bertz CT molecular complexity index is 495. The highest BCUT2D eigenvalue weighted by molar-refractivity contribution is 5.96. The molecule has 2 rings (SSSR count). The van der Waals surface area contributed by atoms with Crippen LogP contribution in [0.3, 0.4) is 0 Å². The van der Waals surface area contributed by atoms with Crippen LogP contribution >= 0.6 is 0 Å². The second-order valence-electron chi connectivity index (χ2n) is 5.14. The lowest BCUT2D eigenvalue weighted by Crippen LogP contribution is -2.23. The average Bonchev–Trinajstić information content (AvgIpc) is 2.65. The largest absolute Gasteiger partial charge is 0.375 e. The van der Waals surface area contributed by atoms with Crippen molar-refractivity contribution >= 4 is 5.91 Å². The van der Waals surface area contributed by atoms with Crippen molar-refractivity contribution in [2.24, 2.45) is 5.73 Å². The number of aryl methyl sites for hydroxylation is 1. The lowest BCUT2D eigenvalue weighted by Gasteiger charge is -2.14. The van der Waals surface area contributed by atoms with Crippen molar-refractivity contribution in [1.82, 2.24) is 5.32 Å². The second-order valence-corrected chi connectivity index (χ2v) is 5.14. The Morgan fingerprint density at radius 2 is 2.19 bits per heavy atom. The second kappa shape index (κ2) is 7.47. The van der Waals surface area contributed by atoms with Crippen LogP contribution in [-0.4, -0.2) is 32.1 Å². The lowest BCUT2D eigenvalue weighted by molar-refractivity contribution is 0.0152. The van der Waals surface area contributed by atoms with Crippen molar-refractivity contribution in [2.45, 2.75) is 31.7 Å². The van der Waals surface area contributed by atoms with E-state index in [0.717, 1.165) is 24.0 Å². The summed E-state index contributed by atoms with van der Waals surface area (Å²) in [5, 5.41) is 2.84. The highest BCUT2D eigenvalue weighted by Gasteiger charge is 2.17. The van der Waals surface area contributed by atoms with Crippen LogP contribution < -0.4 is 11.1 Å². The van der Waals surface area contributed by atoms with Gasteiger partial charge in [0, 0.05) is 24.8 Å². The number of halogens is 2. The van der Waals surface area contributed by atoms with Gasteiger partial charge in [0.15, 0.2) is 0 Å². The molecule has 0 fully saturated rings. The van der Waals surface area contributed by atoms with Crippen molar-refractivity contribution in [2.75, 3.05) is 19.8 Å². The molecule has 0 spiro atoms. The number of nitrogens with one attached hydrogen (secondary N) is 1. The Hall–Kier alpha value is -1.53. The number of nitrogens with two attached hydrogens (primary N) is 1. The lowest BCUT2D eigenvalue weighted by atomic mass is 9.96. The van der Waals surface area contributed by atoms with Gasteiger partial charge in [-0.25, -0.2) is 8.78 Å². The predicted molar refractivity (Wildman–Crippen MR) is 75.5 cm³/mol. The molecule has 1 amide bonds. The molecule has 1 aromatic carbocycles. The molecule has 1 atom stereocenters. The van der Waals surface area contributed by atoms with Gasteiger partial charge in [-0.3, -0.25) is 4.79 Å². The molecule has 4 nitrogen and oxygen atoms in total. The van der Waals surface area contributed by atoms with Crippen molar-refractivity contribution in [3.05, 3.63) is 34.9 Å². The maximum absolute atomic E-state index is 12.0. The van der Waals surface area contributed by atoms with Gasteiger partial charge in [0.25, 0.3) is 12.3 Å². The van der Waals surface area contributed by atoms with E-state index in [9.17, 15) is 13.6 Å². The van der Waals surface area contributed by atoms with Gasteiger partial charge in [-0.15, -0.1) is 0 Å². The monoisotopic (exact) mass is 298 g/mol. The Morgan fingerprint density at radius 1 is 1.38 bits per heavy atom. The van der Waals surface area contributed by atoms with Crippen molar-refractivity contribution < 1.29 is 18.3 Å². The fraction of sp³-hybridized carbons (Fsp3) is 0.533. The maximum atomic E-state index is 12.0. The molecule has 0 saturated carbocycles. The fourth-order valence-electron chi connectivity index (χ4n) is 2.38. The number of carbonyl (C=O) groups is 1. The molecule has 0 aromatic heterocycles. The van der Waals surface area contributed by atoms with E-state index >= 15 is 0 Å². The molecule has 0 aliphatic carbocycles. The van der Waals surface area contributed by atoms with Crippen molar-refractivity contribution in [3.63, 3.8) is 0 Å². The first kappa shape index (κ1) is 15.9. The van der Waals surface area contributed by atoms with Crippen molar-refractivity contribution in [1.29, 1.82) is 0 Å². The molecule has 1 heterocycles. The van der Waals surface area contributed by atoms with E-state index in [0.29, 0.717) is 18.5 Å². The summed E-state index contributed by atoms with van der Waals surface area (Å²) in [6.07, 6.45) is -0.239. The van der Waals surface area contributed by atoms with E-state index in [2.05, 4.69) is 5.32 Å². The standard InChI is InChI=1S/C15H20F2N2O2/c16-14(17)9-21-7-5-13(18)11-4-3-10-2-1-6-19-15(20)12(10)8-11/h3-4,8,13-14H,1-2,5-7,9,18H2,(H,19,20). The van der Waals surface area contributed by atoms with E-state index in [-0.39, 0.29) is 18.6 Å². The molecule has 0 saturated heterocycles. The fourth-order valence-corrected chi connectivity index (χ4v) is 2.38. The number of benzene rings is 1. The van der Waals surface area contributed by atoms with Crippen molar-refractivity contribution in [3.8, 4) is 0 Å². The third-order valence-corrected chi connectivity index (χ3v) is 3.53. The predicted octanol–water partition coefficient (Wildman–Crippen LogP) is 2.03. The van der Waals surface area contributed by atoms with Crippen LogP contribution in [0.2, 0.25) is 0 Å². The van der Waals surface area contributed by atoms with Gasteiger partial charge in [0.2, 0.25) is 0 Å². The molecule has 1 aliphatic rings. The molecular weight excluding hydrogens is 278 g/mol. The zero-order valence-electron chi connectivity index (χ0n) is 11.8. The molecule has 21 heavy (non-hydrogen) atoms. The molecule has 0 bridgehead atoms. The minimum Gasteiger partial charge on any atom is -0.375 e. The normalized spacial score (nSPS) is 16.3. The summed E-state index contributed by atoms with van der Waals surface area (Å²) in [6, 6.07) is 5.29. The molecule has 1 unspecified atom stereocenters. The van der Waals surface area contributed by atoms with Gasteiger partial charge >= 0.3 is 0 Å². The average molecular weight is 298 g/mol. The first-order valence-electron chi connectivity index (χ1n) is 7.10. The molecule has 116 valence electrons. The molecule has 1 aliphatic heterocycles. The van der Waals surface area contributed by atoms with Gasteiger partial charge in [-0.05, 0) is 36.5 Å². The smallest absolute Gasteiger partial charge is 0.261 e. The third-order valence-electron chi connectivity index (χ3n) is 3.53. The summed E-state index contributed by atoms with van der Waals surface area (Å²) in [6.45, 7) is 0.282. The van der Waals surface area contributed by atoms with Crippen LogP contribution in [0.25, 0.3) is 0 Å². The minimum absolute atomic E-state index is 0.0782. The highest BCUT2D eigenvalue weighted by atomic mass is 19.3. The molecule has 6 heteroatoms. The number of carbonyl (C=O) groups excluding carboxylic acids is 1. The summed E-state index contributed by atoms with van der Waals surface area (Å²) >= 11 is 0. The summed E-state index contributed by atoms with van der Waals surface area (Å²) in [4.78, 5) is 12.0. The summed E-state index contributed by atoms with van der Waals surface area (Å²) < 4.78 is 28.7. The number of hydrogen-bond donors (Lipinski definition) is 2. The number of alkyl halides is 2. The minimum atomic E-state index is -2.46. The van der Waals surface area contributed by atoms with Crippen LogP contribution in [0, 0.1) is 0 Å². The van der Waals surface area contributed by atoms with Gasteiger partial charge in [-0.2, -0.15) is 0 Å². The summed E-state index contributed by atoms with van der Waals surface area (Å²) in [5.74, 6) is -0.0782.